The Morgan fingerprint density at radius 1 is 0.960 bits per heavy atom. The third-order valence-electron chi connectivity index (χ3n) is 3.68. The summed E-state index contributed by atoms with van der Waals surface area (Å²) in [4.78, 5) is 0. The lowest BCUT2D eigenvalue weighted by molar-refractivity contribution is 0.349. The van der Waals surface area contributed by atoms with Gasteiger partial charge in [-0.15, -0.1) is 5.10 Å². The van der Waals surface area contributed by atoms with E-state index >= 15 is 0 Å². The number of hydrogen-bond donors (Lipinski definition) is 1. The van der Waals surface area contributed by atoms with Gasteiger partial charge in [0.2, 0.25) is 0 Å². The van der Waals surface area contributed by atoms with E-state index in [2.05, 4.69) is 20.7 Å². The van der Waals surface area contributed by atoms with Crippen LogP contribution in [-0.2, 0) is 0 Å². The van der Waals surface area contributed by atoms with Crippen LogP contribution in [0.4, 0.5) is 5.82 Å². The maximum Gasteiger partial charge on any atom is 0.176 e. The Bertz CT molecular complexity index is 907. The maximum absolute atomic E-state index is 5.38. The highest BCUT2D eigenvalue weighted by Gasteiger charge is 2.10. The average molecular weight is 338 g/mol. The predicted molar refractivity (Wildman–Crippen MR) is 96.9 cm³/mol. The normalized spacial score (nSPS) is 10.8. The van der Waals surface area contributed by atoms with Gasteiger partial charge in [-0.3, -0.25) is 5.43 Å². The quantitative estimate of drug-likeness (QED) is 0.550. The van der Waals surface area contributed by atoms with Crippen molar-refractivity contribution in [3.63, 3.8) is 0 Å². The Labute approximate surface area is 145 Å². The molecule has 0 aliphatic carbocycles. The van der Waals surface area contributed by atoms with Gasteiger partial charge in [0.1, 0.15) is 5.75 Å². The van der Waals surface area contributed by atoms with Crippen molar-refractivity contribution in [3.8, 4) is 17.2 Å². The number of hydrazone groups is 1. The van der Waals surface area contributed by atoms with Gasteiger partial charge in [-0.25, -0.2) is 0 Å². The third-order valence-corrected chi connectivity index (χ3v) is 3.68. The lowest BCUT2D eigenvalue weighted by Crippen LogP contribution is -1.99. The zero-order valence-electron chi connectivity index (χ0n) is 14.2. The van der Waals surface area contributed by atoms with Crippen molar-refractivity contribution in [2.45, 2.75) is 0 Å². The summed E-state index contributed by atoms with van der Waals surface area (Å²) in [6, 6.07) is 11.4. The molecule has 0 saturated carbocycles. The van der Waals surface area contributed by atoms with Gasteiger partial charge in [0, 0.05) is 22.4 Å². The molecule has 0 aliphatic rings. The van der Waals surface area contributed by atoms with Gasteiger partial charge in [-0.1, -0.05) is 24.3 Å². The Kier molecular flexibility index (Phi) is 4.94. The molecule has 7 nitrogen and oxygen atoms in total. The largest absolute Gasteiger partial charge is 0.496 e. The Balaban J connectivity index is 1.89. The SMILES string of the molecule is COc1cc(OC)c(OC)cc1/C=N\Nc1nncc2ccccc12. The summed E-state index contributed by atoms with van der Waals surface area (Å²) in [5, 5.41) is 14.2. The van der Waals surface area contributed by atoms with Crippen LogP contribution in [0.5, 0.6) is 17.2 Å². The van der Waals surface area contributed by atoms with E-state index in [0.29, 0.717) is 23.1 Å². The van der Waals surface area contributed by atoms with E-state index in [0.717, 1.165) is 16.3 Å². The van der Waals surface area contributed by atoms with Crippen molar-refractivity contribution < 1.29 is 14.2 Å². The van der Waals surface area contributed by atoms with E-state index in [-0.39, 0.29) is 0 Å². The topological polar surface area (TPSA) is 77.9 Å². The van der Waals surface area contributed by atoms with Gasteiger partial charge in [-0.05, 0) is 6.07 Å². The van der Waals surface area contributed by atoms with Gasteiger partial charge in [-0.2, -0.15) is 10.2 Å². The number of fused-ring (bicyclic) bond motifs is 1. The first-order valence-electron chi connectivity index (χ1n) is 7.56. The fourth-order valence-corrected chi connectivity index (χ4v) is 2.43. The van der Waals surface area contributed by atoms with E-state index in [1.807, 2.05) is 24.3 Å². The molecule has 128 valence electrons. The molecule has 25 heavy (non-hydrogen) atoms. The summed E-state index contributed by atoms with van der Waals surface area (Å²) in [5.74, 6) is 2.38. The zero-order chi connectivity index (χ0) is 17.6. The summed E-state index contributed by atoms with van der Waals surface area (Å²) in [7, 11) is 4.74. The van der Waals surface area contributed by atoms with Crippen LogP contribution in [0.3, 0.4) is 0 Å². The minimum Gasteiger partial charge on any atom is -0.496 e. The number of aromatic nitrogens is 2. The van der Waals surface area contributed by atoms with Crippen molar-refractivity contribution in [1.29, 1.82) is 0 Å². The van der Waals surface area contributed by atoms with E-state index < -0.39 is 0 Å². The first kappa shape index (κ1) is 16.5. The second kappa shape index (κ2) is 7.48. The van der Waals surface area contributed by atoms with E-state index in [4.69, 9.17) is 14.2 Å². The Morgan fingerprint density at radius 3 is 2.44 bits per heavy atom. The molecule has 2 aromatic carbocycles. The zero-order valence-corrected chi connectivity index (χ0v) is 14.2. The van der Waals surface area contributed by atoms with Crippen LogP contribution in [-0.4, -0.2) is 37.7 Å². The highest BCUT2D eigenvalue weighted by atomic mass is 16.5. The second-order valence-corrected chi connectivity index (χ2v) is 5.10. The van der Waals surface area contributed by atoms with Gasteiger partial charge < -0.3 is 14.2 Å². The molecular formula is C18H18N4O3. The fraction of sp³-hybridized carbons (Fsp3) is 0.167. The van der Waals surface area contributed by atoms with Crippen LogP contribution in [0.15, 0.2) is 47.7 Å². The van der Waals surface area contributed by atoms with Gasteiger partial charge in [0.25, 0.3) is 0 Å². The van der Waals surface area contributed by atoms with Crippen molar-refractivity contribution >= 4 is 22.8 Å². The van der Waals surface area contributed by atoms with E-state index in [1.54, 1.807) is 45.9 Å². The van der Waals surface area contributed by atoms with Gasteiger partial charge >= 0.3 is 0 Å². The molecule has 0 amide bonds. The minimum absolute atomic E-state index is 0.578. The summed E-state index contributed by atoms with van der Waals surface area (Å²) < 4.78 is 16.0. The lowest BCUT2D eigenvalue weighted by Gasteiger charge is -2.11. The summed E-state index contributed by atoms with van der Waals surface area (Å²) in [6.45, 7) is 0. The molecular weight excluding hydrogens is 320 g/mol. The van der Waals surface area contributed by atoms with Crippen LogP contribution in [0.2, 0.25) is 0 Å². The number of benzene rings is 2. The lowest BCUT2D eigenvalue weighted by atomic mass is 10.2. The van der Waals surface area contributed by atoms with E-state index in [1.165, 1.54) is 0 Å². The smallest absolute Gasteiger partial charge is 0.176 e. The third kappa shape index (κ3) is 3.45. The predicted octanol–water partition coefficient (Wildman–Crippen LogP) is 3.10. The van der Waals surface area contributed by atoms with Gasteiger partial charge in [0.15, 0.2) is 17.3 Å². The van der Waals surface area contributed by atoms with E-state index in [9.17, 15) is 0 Å². The molecule has 0 unspecified atom stereocenters. The van der Waals surface area contributed by atoms with Crippen molar-refractivity contribution in [3.05, 3.63) is 48.2 Å². The number of anilines is 1. The molecule has 0 spiro atoms. The van der Waals surface area contributed by atoms with Gasteiger partial charge in [0.05, 0.1) is 33.7 Å². The van der Waals surface area contributed by atoms with Crippen LogP contribution in [0.25, 0.3) is 10.8 Å². The molecule has 3 rings (SSSR count). The molecule has 0 radical (unpaired) electrons. The highest BCUT2D eigenvalue weighted by molar-refractivity contribution is 5.91. The first-order chi connectivity index (χ1) is 12.3. The highest BCUT2D eigenvalue weighted by Crippen LogP contribution is 2.33. The molecule has 0 aliphatic heterocycles. The maximum atomic E-state index is 5.38. The first-order valence-corrected chi connectivity index (χ1v) is 7.56. The number of rotatable bonds is 6. The summed E-state index contributed by atoms with van der Waals surface area (Å²) >= 11 is 0. The molecule has 0 atom stereocenters. The van der Waals surface area contributed by atoms with Crippen molar-refractivity contribution in [1.82, 2.24) is 10.2 Å². The number of nitrogens with zero attached hydrogens (tertiary/aromatic N) is 3. The Morgan fingerprint density at radius 2 is 1.68 bits per heavy atom. The molecule has 0 saturated heterocycles. The molecule has 7 heteroatoms. The van der Waals surface area contributed by atoms with Crippen LogP contribution < -0.4 is 19.6 Å². The summed E-state index contributed by atoms with van der Waals surface area (Å²) in [5.41, 5.74) is 3.66. The molecule has 1 heterocycles. The fourth-order valence-electron chi connectivity index (χ4n) is 2.43. The molecule has 3 aromatic rings. The average Bonchev–Trinajstić information content (AvgIpc) is 2.67. The Hall–Kier alpha value is -3.35. The molecule has 0 bridgehead atoms. The number of methoxy groups -OCH3 is 3. The summed E-state index contributed by atoms with van der Waals surface area (Å²) in [6.07, 6.45) is 3.34. The van der Waals surface area contributed by atoms with Crippen LogP contribution in [0.1, 0.15) is 5.56 Å². The number of ether oxygens (including phenoxy) is 3. The van der Waals surface area contributed by atoms with Crippen molar-refractivity contribution in [2.24, 2.45) is 5.10 Å². The van der Waals surface area contributed by atoms with Crippen molar-refractivity contribution in [2.75, 3.05) is 26.8 Å². The minimum atomic E-state index is 0.578. The number of nitrogens with one attached hydrogen (secondary N) is 1. The molecule has 1 N–H and O–H groups in total. The molecule has 1 aromatic heterocycles. The monoisotopic (exact) mass is 338 g/mol. The van der Waals surface area contributed by atoms with Crippen LogP contribution in [0, 0.1) is 0 Å². The number of hydrogen-bond acceptors (Lipinski definition) is 7. The molecule has 0 fully saturated rings. The van der Waals surface area contributed by atoms with Crippen LogP contribution >= 0.6 is 0 Å². The second-order valence-electron chi connectivity index (χ2n) is 5.10. The standard InChI is InChI=1S/C18H18N4O3/c1-23-15-9-17(25-3)16(24-2)8-13(15)11-20-22-18-14-7-5-4-6-12(14)10-19-21-18/h4-11H,1-3H3,(H,21,22)/b20-11-.